The Morgan fingerprint density at radius 1 is 1.04 bits per heavy atom. The van der Waals surface area contributed by atoms with Gasteiger partial charge < -0.3 is 5.32 Å². The lowest BCUT2D eigenvalue weighted by Crippen LogP contribution is -2.34. The van der Waals surface area contributed by atoms with Gasteiger partial charge in [-0.3, -0.25) is 10.1 Å². The number of para-hydroxylation sites is 2. The molecule has 0 aliphatic heterocycles. The number of benzene rings is 2. The van der Waals surface area contributed by atoms with E-state index < -0.39 is 17.8 Å². The zero-order chi connectivity index (χ0) is 17.8. The summed E-state index contributed by atoms with van der Waals surface area (Å²) in [6.45, 7) is 1.73. The van der Waals surface area contributed by atoms with Gasteiger partial charge in [0.2, 0.25) is 0 Å². The topological polar surface area (TPSA) is 76.0 Å². The van der Waals surface area contributed by atoms with Gasteiger partial charge in [0.05, 0.1) is 28.8 Å². The van der Waals surface area contributed by atoms with Crippen LogP contribution in [0.2, 0.25) is 0 Å². The van der Waals surface area contributed by atoms with Gasteiger partial charge >= 0.3 is 6.03 Å². The molecule has 6 nitrogen and oxygen atoms in total. The van der Waals surface area contributed by atoms with Crippen LogP contribution in [0.1, 0.15) is 16.1 Å². The second-order valence-electron chi connectivity index (χ2n) is 5.28. The third kappa shape index (κ3) is 3.55. The molecule has 1 aromatic heterocycles. The first kappa shape index (κ1) is 16.4. The van der Waals surface area contributed by atoms with E-state index in [0.29, 0.717) is 5.69 Å². The summed E-state index contributed by atoms with van der Waals surface area (Å²) in [7, 11) is 0. The number of carbonyl (C=O) groups is 2. The van der Waals surface area contributed by atoms with Gasteiger partial charge in [0, 0.05) is 0 Å². The molecule has 2 N–H and O–H groups in total. The second-order valence-corrected chi connectivity index (χ2v) is 5.28. The largest absolute Gasteiger partial charge is 0.326 e. The molecule has 3 amide bonds. The molecule has 0 radical (unpaired) electrons. The van der Waals surface area contributed by atoms with Crippen LogP contribution in [0.15, 0.2) is 60.8 Å². The van der Waals surface area contributed by atoms with Crippen molar-refractivity contribution in [3.05, 3.63) is 77.9 Å². The van der Waals surface area contributed by atoms with Crippen LogP contribution in [-0.2, 0) is 0 Å². The quantitative estimate of drug-likeness (QED) is 0.769. The van der Waals surface area contributed by atoms with Crippen LogP contribution < -0.4 is 10.6 Å². The standard InChI is InChI=1S/C18H15FN4O2/c1-12-14(11-20-23(12)13-7-3-2-4-8-13)17(24)22-18(25)21-16-10-6-5-9-15(16)19/h2-11H,1H3,(H2,21,22,24,25). The van der Waals surface area contributed by atoms with Crippen LogP contribution in [0.5, 0.6) is 0 Å². The first-order valence-electron chi connectivity index (χ1n) is 7.53. The number of nitrogens with one attached hydrogen (secondary N) is 2. The smallest absolute Gasteiger partial charge is 0.305 e. The Labute approximate surface area is 143 Å². The minimum Gasteiger partial charge on any atom is -0.305 e. The molecule has 0 saturated heterocycles. The number of carbonyl (C=O) groups excluding carboxylic acids is 2. The molecule has 0 aliphatic rings. The highest BCUT2D eigenvalue weighted by atomic mass is 19.1. The second kappa shape index (κ2) is 6.96. The SMILES string of the molecule is Cc1c(C(=O)NC(=O)Nc2ccccc2F)cnn1-c1ccccc1. The maximum atomic E-state index is 13.5. The van der Waals surface area contributed by atoms with Crippen molar-refractivity contribution in [1.29, 1.82) is 0 Å². The highest BCUT2D eigenvalue weighted by molar-refractivity contribution is 6.08. The molecular weight excluding hydrogens is 323 g/mol. The number of rotatable bonds is 3. The van der Waals surface area contributed by atoms with Crippen molar-refractivity contribution in [2.24, 2.45) is 0 Å². The highest BCUT2D eigenvalue weighted by Crippen LogP contribution is 2.14. The number of aromatic nitrogens is 2. The molecule has 3 rings (SSSR count). The number of amides is 3. The van der Waals surface area contributed by atoms with Gasteiger partial charge in [0.25, 0.3) is 5.91 Å². The molecule has 1 heterocycles. The van der Waals surface area contributed by atoms with E-state index in [4.69, 9.17) is 0 Å². The molecule has 126 valence electrons. The average molecular weight is 338 g/mol. The van der Waals surface area contributed by atoms with Crippen molar-refractivity contribution < 1.29 is 14.0 Å². The predicted octanol–water partition coefficient (Wildman–Crippen LogP) is 3.28. The molecule has 0 saturated carbocycles. The third-order valence-electron chi connectivity index (χ3n) is 3.60. The van der Waals surface area contributed by atoms with Gasteiger partial charge in [-0.15, -0.1) is 0 Å². The molecule has 0 spiro atoms. The average Bonchev–Trinajstić information content (AvgIpc) is 2.99. The van der Waals surface area contributed by atoms with E-state index in [2.05, 4.69) is 15.7 Å². The minimum atomic E-state index is -0.818. The summed E-state index contributed by atoms with van der Waals surface area (Å²) >= 11 is 0. The normalized spacial score (nSPS) is 10.3. The Morgan fingerprint density at radius 2 is 1.72 bits per heavy atom. The van der Waals surface area contributed by atoms with Crippen molar-refractivity contribution in [3.63, 3.8) is 0 Å². The summed E-state index contributed by atoms with van der Waals surface area (Å²) < 4.78 is 15.1. The van der Waals surface area contributed by atoms with E-state index in [9.17, 15) is 14.0 Å². The van der Waals surface area contributed by atoms with Gasteiger partial charge in [-0.05, 0) is 31.2 Å². The van der Waals surface area contributed by atoms with Gasteiger partial charge in [0.15, 0.2) is 0 Å². The van der Waals surface area contributed by atoms with E-state index >= 15 is 0 Å². The predicted molar refractivity (Wildman–Crippen MR) is 91.2 cm³/mol. The highest BCUT2D eigenvalue weighted by Gasteiger charge is 2.17. The third-order valence-corrected chi connectivity index (χ3v) is 3.60. The van der Waals surface area contributed by atoms with E-state index in [0.717, 1.165) is 5.69 Å². The summed E-state index contributed by atoms with van der Waals surface area (Å²) in [5.41, 5.74) is 1.63. The monoisotopic (exact) mass is 338 g/mol. The summed E-state index contributed by atoms with van der Waals surface area (Å²) in [5, 5.41) is 8.64. The lowest BCUT2D eigenvalue weighted by atomic mass is 10.2. The van der Waals surface area contributed by atoms with E-state index in [1.54, 1.807) is 17.7 Å². The first-order valence-corrected chi connectivity index (χ1v) is 7.53. The lowest BCUT2D eigenvalue weighted by molar-refractivity contribution is 0.0966. The fraction of sp³-hybridized carbons (Fsp3) is 0.0556. The molecule has 0 fully saturated rings. The minimum absolute atomic E-state index is 0.00972. The molecule has 2 aromatic carbocycles. The molecule has 0 bridgehead atoms. The van der Waals surface area contributed by atoms with Crippen LogP contribution in [0, 0.1) is 12.7 Å². The van der Waals surface area contributed by atoms with Crippen LogP contribution >= 0.6 is 0 Å². The summed E-state index contributed by atoms with van der Waals surface area (Å²) in [6, 6.07) is 14.2. The summed E-state index contributed by atoms with van der Waals surface area (Å²) in [5.74, 6) is -1.20. The van der Waals surface area contributed by atoms with E-state index in [-0.39, 0.29) is 11.3 Å². The number of nitrogens with zero attached hydrogens (tertiary/aromatic N) is 2. The van der Waals surface area contributed by atoms with E-state index in [1.807, 2.05) is 30.3 Å². The lowest BCUT2D eigenvalue weighted by Gasteiger charge is -2.08. The van der Waals surface area contributed by atoms with Crippen LogP contribution in [0.25, 0.3) is 5.69 Å². The van der Waals surface area contributed by atoms with E-state index in [1.165, 1.54) is 24.4 Å². The summed E-state index contributed by atoms with van der Waals surface area (Å²) in [4.78, 5) is 24.2. The fourth-order valence-electron chi connectivity index (χ4n) is 2.35. The van der Waals surface area contributed by atoms with Gasteiger partial charge in [-0.1, -0.05) is 30.3 Å². The van der Waals surface area contributed by atoms with Gasteiger partial charge in [-0.25, -0.2) is 13.9 Å². The molecule has 25 heavy (non-hydrogen) atoms. The van der Waals surface area contributed by atoms with Crippen molar-refractivity contribution in [2.75, 3.05) is 5.32 Å². The molecule has 0 aliphatic carbocycles. The Hall–Kier alpha value is -3.48. The van der Waals surface area contributed by atoms with Gasteiger partial charge in [0.1, 0.15) is 5.82 Å². The summed E-state index contributed by atoms with van der Waals surface area (Å²) in [6.07, 6.45) is 1.38. The number of urea groups is 1. The number of halogens is 1. The maximum absolute atomic E-state index is 13.5. The zero-order valence-corrected chi connectivity index (χ0v) is 13.4. The van der Waals surface area contributed by atoms with Crippen LogP contribution in [0.3, 0.4) is 0 Å². The van der Waals surface area contributed by atoms with Crippen molar-refractivity contribution >= 4 is 17.6 Å². The Balaban J connectivity index is 1.73. The first-order chi connectivity index (χ1) is 12.1. The van der Waals surface area contributed by atoms with Crippen LogP contribution in [0.4, 0.5) is 14.9 Å². The van der Waals surface area contributed by atoms with Crippen LogP contribution in [-0.4, -0.2) is 21.7 Å². The number of hydrogen-bond acceptors (Lipinski definition) is 3. The maximum Gasteiger partial charge on any atom is 0.326 e. The number of imide groups is 1. The molecule has 0 atom stereocenters. The Morgan fingerprint density at radius 3 is 2.44 bits per heavy atom. The Kier molecular flexibility index (Phi) is 4.56. The van der Waals surface area contributed by atoms with Crippen molar-refractivity contribution in [1.82, 2.24) is 15.1 Å². The van der Waals surface area contributed by atoms with Gasteiger partial charge in [-0.2, -0.15) is 5.10 Å². The zero-order valence-electron chi connectivity index (χ0n) is 13.4. The van der Waals surface area contributed by atoms with Crippen molar-refractivity contribution in [2.45, 2.75) is 6.92 Å². The number of anilines is 1. The number of hydrogen-bond donors (Lipinski definition) is 2. The molecular formula is C18H15FN4O2. The molecule has 3 aromatic rings. The molecule has 7 heteroatoms. The molecule has 0 unspecified atom stereocenters. The van der Waals surface area contributed by atoms with Crippen molar-refractivity contribution in [3.8, 4) is 5.69 Å². The fourth-order valence-corrected chi connectivity index (χ4v) is 2.35. The Bertz CT molecular complexity index is 922.